The summed E-state index contributed by atoms with van der Waals surface area (Å²) in [5.41, 5.74) is 1.10. The first-order valence-electron chi connectivity index (χ1n) is 8.28. The number of carboxylic acid groups (broad SMARTS) is 1. The molecule has 4 atom stereocenters. The molecular formula is C16H23N3O7. The van der Waals surface area contributed by atoms with Gasteiger partial charge in [0.2, 0.25) is 17.4 Å². The van der Waals surface area contributed by atoms with Gasteiger partial charge in [-0.05, 0) is 13.8 Å². The first-order chi connectivity index (χ1) is 12.1. The molecule has 1 saturated carbocycles. The lowest BCUT2D eigenvalue weighted by Crippen LogP contribution is -2.75. The smallest absolute Gasteiger partial charge is 0.341 e. The molecule has 1 aliphatic carbocycles. The molecule has 2 rings (SSSR count). The van der Waals surface area contributed by atoms with Gasteiger partial charge >= 0.3 is 5.97 Å². The summed E-state index contributed by atoms with van der Waals surface area (Å²) in [6.07, 6.45) is -0.540. The number of hydrogen-bond donors (Lipinski definition) is 3. The number of carboxylic acids is 1. The van der Waals surface area contributed by atoms with Gasteiger partial charge in [-0.2, -0.15) is 0 Å². The van der Waals surface area contributed by atoms with Gasteiger partial charge < -0.3 is 25.8 Å². The molecule has 4 N–H and O–H groups in total. The minimum Gasteiger partial charge on any atom is -0.479 e. The molecule has 0 aromatic heterocycles. The molecule has 1 saturated heterocycles. The van der Waals surface area contributed by atoms with E-state index in [1.807, 2.05) is 0 Å². The number of nitrogens with one attached hydrogen (secondary N) is 1. The first-order valence-corrected chi connectivity index (χ1v) is 8.28. The van der Waals surface area contributed by atoms with Gasteiger partial charge in [-0.3, -0.25) is 19.2 Å². The number of Topliss-reactive ketones (excluding diaryl/α,β-unsaturated/α-hetero) is 2. The van der Waals surface area contributed by atoms with Gasteiger partial charge in [0.1, 0.15) is 6.04 Å². The SMILES string of the molecule is COC12CCN(C(=O)[C@H](C)NC(=O)[C@H](C)N)[C@@]1(C(=O)O)C(=O)CCC2=O. The van der Waals surface area contributed by atoms with E-state index >= 15 is 0 Å². The van der Waals surface area contributed by atoms with Gasteiger partial charge in [0, 0.05) is 32.9 Å². The van der Waals surface area contributed by atoms with Crippen LogP contribution in [0.4, 0.5) is 0 Å². The van der Waals surface area contributed by atoms with Gasteiger partial charge in [-0.15, -0.1) is 0 Å². The van der Waals surface area contributed by atoms with E-state index in [2.05, 4.69) is 5.32 Å². The van der Waals surface area contributed by atoms with Crippen molar-refractivity contribution in [3.05, 3.63) is 0 Å². The van der Waals surface area contributed by atoms with Crippen LogP contribution in [-0.4, -0.2) is 76.2 Å². The van der Waals surface area contributed by atoms with Gasteiger partial charge in [0.05, 0.1) is 6.04 Å². The monoisotopic (exact) mass is 369 g/mol. The lowest BCUT2D eigenvalue weighted by atomic mass is 9.67. The predicted octanol–water partition coefficient (Wildman–Crippen LogP) is -1.79. The number of hydrogen-bond acceptors (Lipinski definition) is 7. The lowest BCUT2D eigenvalue weighted by Gasteiger charge is -2.46. The van der Waals surface area contributed by atoms with Crippen LogP contribution in [0.2, 0.25) is 0 Å². The highest BCUT2D eigenvalue weighted by atomic mass is 16.5. The van der Waals surface area contributed by atoms with Crippen molar-refractivity contribution in [2.45, 2.75) is 56.3 Å². The molecule has 10 heteroatoms. The molecule has 0 aromatic carbocycles. The number of nitrogens with zero attached hydrogens (tertiary/aromatic N) is 1. The van der Waals surface area contributed by atoms with Crippen LogP contribution < -0.4 is 11.1 Å². The van der Waals surface area contributed by atoms with E-state index in [9.17, 15) is 29.1 Å². The summed E-state index contributed by atoms with van der Waals surface area (Å²) < 4.78 is 5.28. The Morgan fingerprint density at radius 1 is 1.23 bits per heavy atom. The van der Waals surface area contributed by atoms with Crippen molar-refractivity contribution in [1.82, 2.24) is 10.2 Å². The fraction of sp³-hybridized carbons (Fsp3) is 0.688. The van der Waals surface area contributed by atoms with Crippen LogP contribution in [-0.2, 0) is 28.7 Å². The molecular weight excluding hydrogens is 346 g/mol. The van der Waals surface area contributed by atoms with E-state index in [4.69, 9.17) is 10.5 Å². The Hall–Kier alpha value is -2.33. The zero-order valence-corrected chi connectivity index (χ0v) is 14.9. The second-order valence-electron chi connectivity index (χ2n) is 6.65. The number of amides is 2. The highest BCUT2D eigenvalue weighted by Crippen LogP contribution is 2.47. The third-order valence-electron chi connectivity index (χ3n) is 5.18. The summed E-state index contributed by atoms with van der Waals surface area (Å²) in [6, 6.07) is -1.99. The van der Waals surface area contributed by atoms with Crippen molar-refractivity contribution in [3.63, 3.8) is 0 Å². The Bertz CT molecular complexity index is 677. The van der Waals surface area contributed by atoms with Gasteiger partial charge in [0.25, 0.3) is 0 Å². The summed E-state index contributed by atoms with van der Waals surface area (Å²) in [5.74, 6) is -4.29. The fourth-order valence-electron chi connectivity index (χ4n) is 3.85. The molecule has 144 valence electrons. The predicted molar refractivity (Wildman–Crippen MR) is 86.9 cm³/mol. The second-order valence-corrected chi connectivity index (χ2v) is 6.65. The number of aliphatic carboxylic acids is 1. The number of ketones is 2. The number of methoxy groups -OCH3 is 1. The number of fused-ring (bicyclic) bond motifs is 1. The van der Waals surface area contributed by atoms with Crippen molar-refractivity contribution in [2.24, 2.45) is 5.73 Å². The van der Waals surface area contributed by atoms with Crippen molar-refractivity contribution in [3.8, 4) is 0 Å². The number of rotatable bonds is 5. The Morgan fingerprint density at radius 3 is 2.31 bits per heavy atom. The van der Waals surface area contributed by atoms with Crippen LogP contribution in [0.15, 0.2) is 0 Å². The molecule has 1 heterocycles. The molecule has 26 heavy (non-hydrogen) atoms. The molecule has 2 amide bonds. The van der Waals surface area contributed by atoms with Crippen LogP contribution >= 0.6 is 0 Å². The highest BCUT2D eigenvalue weighted by molar-refractivity contribution is 6.20. The molecule has 2 fully saturated rings. The molecule has 0 spiro atoms. The van der Waals surface area contributed by atoms with Crippen LogP contribution in [0, 0.1) is 0 Å². The summed E-state index contributed by atoms with van der Waals surface area (Å²) in [5, 5.41) is 12.3. The maximum Gasteiger partial charge on any atom is 0.341 e. The average molecular weight is 369 g/mol. The fourth-order valence-corrected chi connectivity index (χ4v) is 3.85. The Labute approximate surface area is 150 Å². The second kappa shape index (κ2) is 6.76. The standard InChI is InChI=1S/C16H23N3O7/c1-8(17)12(22)18-9(2)13(23)19-7-6-15(26-3)10(20)4-5-11(21)16(15,19)14(24)25/h8-9H,4-7,17H2,1-3H3,(H,18,22)(H,24,25)/t8-,9-,15?,16+/m0/s1. The van der Waals surface area contributed by atoms with Crippen LogP contribution in [0.25, 0.3) is 0 Å². The molecule has 0 bridgehead atoms. The van der Waals surface area contributed by atoms with E-state index in [1.165, 1.54) is 13.8 Å². The average Bonchev–Trinajstić information content (AvgIpc) is 2.95. The first kappa shape index (κ1) is 20.0. The largest absolute Gasteiger partial charge is 0.479 e. The van der Waals surface area contributed by atoms with E-state index < -0.39 is 52.6 Å². The topological polar surface area (TPSA) is 156 Å². The van der Waals surface area contributed by atoms with Crippen LogP contribution in [0.1, 0.15) is 33.1 Å². The summed E-state index contributed by atoms with van der Waals surface area (Å²) in [4.78, 5) is 62.9. The van der Waals surface area contributed by atoms with Gasteiger partial charge in [0.15, 0.2) is 17.2 Å². The Kier molecular flexibility index (Phi) is 5.20. The molecule has 0 aromatic rings. The minimum atomic E-state index is -2.43. The zero-order valence-electron chi connectivity index (χ0n) is 14.9. The third kappa shape index (κ3) is 2.52. The van der Waals surface area contributed by atoms with Gasteiger partial charge in [-0.1, -0.05) is 0 Å². The Morgan fingerprint density at radius 2 is 1.81 bits per heavy atom. The number of likely N-dealkylation sites (tertiary alicyclic amines) is 1. The molecule has 0 radical (unpaired) electrons. The van der Waals surface area contributed by atoms with Crippen molar-refractivity contribution < 1.29 is 33.8 Å². The third-order valence-corrected chi connectivity index (χ3v) is 5.18. The molecule has 1 aliphatic heterocycles. The Balaban J connectivity index is 2.48. The normalized spacial score (nSPS) is 30.5. The van der Waals surface area contributed by atoms with Crippen molar-refractivity contribution >= 4 is 29.4 Å². The van der Waals surface area contributed by atoms with Crippen LogP contribution in [0.3, 0.4) is 0 Å². The summed E-state index contributed by atoms with van der Waals surface area (Å²) in [6.45, 7) is 2.63. The minimum absolute atomic E-state index is 0.111. The number of carbonyl (C=O) groups is 5. The van der Waals surface area contributed by atoms with Gasteiger partial charge in [-0.25, -0.2) is 4.79 Å². The van der Waals surface area contributed by atoms with E-state index in [1.54, 1.807) is 0 Å². The molecule has 10 nitrogen and oxygen atoms in total. The van der Waals surface area contributed by atoms with E-state index in [0.29, 0.717) is 0 Å². The van der Waals surface area contributed by atoms with E-state index in [0.717, 1.165) is 12.0 Å². The highest BCUT2D eigenvalue weighted by Gasteiger charge is 2.75. The van der Waals surface area contributed by atoms with E-state index in [-0.39, 0.29) is 25.8 Å². The van der Waals surface area contributed by atoms with Crippen molar-refractivity contribution in [2.75, 3.05) is 13.7 Å². The summed E-state index contributed by atoms with van der Waals surface area (Å²) in [7, 11) is 1.16. The molecule has 2 aliphatic rings. The number of carbonyl (C=O) groups excluding carboxylic acids is 4. The van der Waals surface area contributed by atoms with Crippen molar-refractivity contribution in [1.29, 1.82) is 0 Å². The number of ether oxygens (including phenoxy) is 1. The zero-order chi connectivity index (χ0) is 19.9. The quantitative estimate of drug-likeness (QED) is 0.480. The molecule has 1 unspecified atom stereocenters. The van der Waals surface area contributed by atoms with Crippen LogP contribution in [0.5, 0.6) is 0 Å². The number of nitrogens with two attached hydrogens (primary N) is 1. The summed E-state index contributed by atoms with van der Waals surface area (Å²) >= 11 is 0. The lowest BCUT2D eigenvalue weighted by molar-refractivity contribution is -0.187. The maximum absolute atomic E-state index is 12.9. The maximum atomic E-state index is 12.9.